The van der Waals surface area contributed by atoms with E-state index in [1.165, 1.54) is 12.1 Å². The van der Waals surface area contributed by atoms with E-state index in [0.717, 1.165) is 5.56 Å². The van der Waals surface area contributed by atoms with Gasteiger partial charge in [0.15, 0.2) is 0 Å². The van der Waals surface area contributed by atoms with Gasteiger partial charge in [0.05, 0.1) is 0 Å². The van der Waals surface area contributed by atoms with Gasteiger partial charge >= 0.3 is 5.97 Å². The molecule has 4 heteroatoms. The highest BCUT2D eigenvalue weighted by Gasteiger charge is 2.39. The number of aliphatic carboxylic acids is 1. The summed E-state index contributed by atoms with van der Waals surface area (Å²) in [6, 6.07) is 4.56. The molecule has 0 radical (unpaired) electrons. The van der Waals surface area contributed by atoms with Crippen LogP contribution in [0.3, 0.4) is 0 Å². The maximum Gasteiger partial charge on any atom is 0.329 e. The molecule has 0 aliphatic heterocycles. The van der Waals surface area contributed by atoms with Gasteiger partial charge in [-0.05, 0) is 55.4 Å². The summed E-state index contributed by atoms with van der Waals surface area (Å²) in [7, 11) is 0. The fourth-order valence-electron chi connectivity index (χ4n) is 2.89. The van der Waals surface area contributed by atoms with Gasteiger partial charge in [-0.2, -0.15) is 0 Å². The summed E-state index contributed by atoms with van der Waals surface area (Å²) in [6.07, 6.45) is 0.992. The topological polar surface area (TPSA) is 49.3 Å². The summed E-state index contributed by atoms with van der Waals surface area (Å²) < 4.78 is 13.5. The van der Waals surface area contributed by atoms with Crippen molar-refractivity contribution in [3.63, 3.8) is 0 Å². The van der Waals surface area contributed by atoms with Crippen LogP contribution in [0.25, 0.3) is 0 Å². The van der Waals surface area contributed by atoms with Crippen LogP contribution in [-0.4, -0.2) is 16.6 Å². The standard InChI is InChI=1S/C17H26FNO2/c1-11(2)9-17(16(20)21,10-12(3)4)19-15-7-13(5)6-14(18)8-15/h6-8,11-12,19H,9-10H2,1-5H3,(H,20,21). The van der Waals surface area contributed by atoms with Gasteiger partial charge in [0.2, 0.25) is 0 Å². The van der Waals surface area contributed by atoms with E-state index in [2.05, 4.69) is 5.32 Å². The molecule has 0 amide bonds. The van der Waals surface area contributed by atoms with Gasteiger partial charge < -0.3 is 10.4 Å². The molecule has 0 unspecified atom stereocenters. The Balaban J connectivity index is 3.18. The second kappa shape index (κ2) is 6.92. The number of rotatable bonds is 7. The van der Waals surface area contributed by atoms with Crippen LogP contribution in [0.2, 0.25) is 0 Å². The third-order valence-electron chi connectivity index (χ3n) is 3.35. The molecular formula is C17H26FNO2. The van der Waals surface area contributed by atoms with E-state index in [9.17, 15) is 14.3 Å². The first-order chi connectivity index (χ1) is 9.64. The number of anilines is 1. The average Bonchev–Trinajstić information content (AvgIpc) is 2.24. The lowest BCUT2D eigenvalue weighted by Gasteiger charge is -2.34. The number of hydrogen-bond donors (Lipinski definition) is 2. The van der Waals surface area contributed by atoms with Crippen molar-refractivity contribution in [3.05, 3.63) is 29.6 Å². The quantitative estimate of drug-likeness (QED) is 0.780. The summed E-state index contributed by atoms with van der Waals surface area (Å²) in [6.45, 7) is 9.78. The van der Waals surface area contributed by atoms with E-state index in [0.29, 0.717) is 18.5 Å². The maximum atomic E-state index is 13.5. The molecule has 3 nitrogen and oxygen atoms in total. The smallest absolute Gasteiger partial charge is 0.329 e. The summed E-state index contributed by atoms with van der Waals surface area (Å²) in [5.74, 6) is -0.790. The predicted octanol–water partition coefficient (Wildman–Crippen LogP) is 4.46. The number of halogens is 1. The van der Waals surface area contributed by atoms with Crippen LogP contribution in [0.15, 0.2) is 18.2 Å². The minimum absolute atomic E-state index is 0.224. The maximum absolute atomic E-state index is 13.5. The first kappa shape index (κ1) is 17.5. The van der Waals surface area contributed by atoms with E-state index in [1.807, 2.05) is 27.7 Å². The van der Waals surface area contributed by atoms with E-state index in [-0.39, 0.29) is 17.7 Å². The molecule has 1 aromatic rings. The third-order valence-corrected chi connectivity index (χ3v) is 3.35. The molecule has 0 aliphatic rings. The van der Waals surface area contributed by atoms with Crippen molar-refractivity contribution in [2.75, 3.05) is 5.32 Å². The Bertz CT molecular complexity index is 467. The highest BCUT2D eigenvalue weighted by Crippen LogP contribution is 2.30. The Hall–Kier alpha value is -1.58. The van der Waals surface area contributed by atoms with Crippen molar-refractivity contribution in [1.82, 2.24) is 0 Å². The molecule has 118 valence electrons. The lowest BCUT2D eigenvalue weighted by atomic mass is 9.81. The molecular weight excluding hydrogens is 269 g/mol. The molecule has 0 aliphatic carbocycles. The minimum Gasteiger partial charge on any atom is -0.480 e. The largest absolute Gasteiger partial charge is 0.480 e. The van der Waals surface area contributed by atoms with Gasteiger partial charge in [-0.15, -0.1) is 0 Å². The van der Waals surface area contributed by atoms with Crippen LogP contribution in [-0.2, 0) is 4.79 Å². The number of carboxylic acids is 1. The lowest BCUT2D eigenvalue weighted by molar-refractivity contribution is -0.143. The van der Waals surface area contributed by atoms with E-state index in [4.69, 9.17) is 0 Å². The summed E-state index contributed by atoms with van der Waals surface area (Å²) >= 11 is 0. The Morgan fingerprint density at radius 1 is 1.19 bits per heavy atom. The zero-order valence-corrected chi connectivity index (χ0v) is 13.5. The molecule has 21 heavy (non-hydrogen) atoms. The minimum atomic E-state index is -1.07. The zero-order chi connectivity index (χ0) is 16.2. The van der Waals surface area contributed by atoms with Crippen molar-refractivity contribution < 1.29 is 14.3 Å². The predicted molar refractivity (Wildman–Crippen MR) is 84.0 cm³/mol. The normalized spacial score (nSPS) is 12.0. The van der Waals surface area contributed by atoms with Crippen LogP contribution >= 0.6 is 0 Å². The molecule has 0 saturated carbocycles. The van der Waals surface area contributed by atoms with Crippen molar-refractivity contribution in [1.29, 1.82) is 0 Å². The Morgan fingerprint density at radius 2 is 1.71 bits per heavy atom. The van der Waals surface area contributed by atoms with Gasteiger partial charge in [-0.25, -0.2) is 9.18 Å². The molecule has 0 heterocycles. The van der Waals surface area contributed by atoms with Crippen molar-refractivity contribution in [2.24, 2.45) is 11.8 Å². The van der Waals surface area contributed by atoms with E-state index < -0.39 is 11.5 Å². The number of carboxylic acid groups (broad SMARTS) is 1. The summed E-state index contributed by atoms with van der Waals surface area (Å²) in [5, 5.41) is 12.9. The van der Waals surface area contributed by atoms with Crippen LogP contribution in [0, 0.1) is 24.6 Å². The monoisotopic (exact) mass is 295 g/mol. The number of hydrogen-bond acceptors (Lipinski definition) is 2. The highest BCUT2D eigenvalue weighted by molar-refractivity contribution is 5.83. The summed E-state index contributed by atoms with van der Waals surface area (Å²) in [4.78, 5) is 11.9. The van der Waals surface area contributed by atoms with Crippen molar-refractivity contribution in [2.45, 2.75) is 53.0 Å². The number of aryl methyl sites for hydroxylation is 1. The SMILES string of the molecule is Cc1cc(F)cc(NC(CC(C)C)(CC(C)C)C(=O)O)c1. The molecule has 0 atom stereocenters. The van der Waals surface area contributed by atoms with Crippen LogP contribution < -0.4 is 5.32 Å². The molecule has 0 fully saturated rings. The lowest BCUT2D eigenvalue weighted by Crippen LogP contribution is -2.48. The van der Waals surface area contributed by atoms with Crippen molar-refractivity contribution in [3.8, 4) is 0 Å². The summed E-state index contributed by atoms with van der Waals surface area (Å²) in [5.41, 5.74) is 0.227. The van der Waals surface area contributed by atoms with E-state index in [1.54, 1.807) is 13.0 Å². The molecule has 0 bridgehead atoms. The highest BCUT2D eigenvalue weighted by atomic mass is 19.1. The van der Waals surface area contributed by atoms with Crippen LogP contribution in [0.1, 0.15) is 46.1 Å². The molecule has 1 rings (SSSR count). The van der Waals surface area contributed by atoms with Gasteiger partial charge in [-0.3, -0.25) is 0 Å². The first-order valence-electron chi connectivity index (χ1n) is 7.43. The second-order valence-electron chi connectivity index (χ2n) is 6.73. The van der Waals surface area contributed by atoms with Gasteiger partial charge in [0, 0.05) is 5.69 Å². The molecule has 0 spiro atoms. The molecule has 0 aromatic heterocycles. The van der Waals surface area contributed by atoms with Gasteiger partial charge in [-0.1, -0.05) is 27.7 Å². The Kier molecular flexibility index (Phi) is 5.76. The molecule has 2 N–H and O–H groups in total. The van der Waals surface area contributed by atoms with Crippen LogP contribution in [0.4, 0.5) is 10.1 Å². The Labute approximate surface area is 126 Å². The number of carbonyl (C=O) groups is 1. The number of benzene rings is 1. The van der Waals surface area contributed by atoms with E-state index >= 15 is 0 Å². The molecule has 1 aromatic carbocycles. The average molecular weight is 295 g/mol. The second-order valence-corrected chi connectivity index (χ2v) is 6.73. The van der Waals surface area contributed by atoms with Crippen LogP contribution in [0.5, 0.6) is 0 Å². The number of nitrogens with one attached hydrogen (secondary N) is 1. The Morgan fingerprint density at radius 3 is 2.10 bits per heavy atom. The third kappa shape index (κ3) is 5.03. The van der Waals surface area contributed by atoms with Gasteiger partial charge in [0.25, 0.3) is 0 Å². The van der Waals surface area contributed by atoms with Gasteiger partial charge in [0.1, 0.15) is 11.4 Å². The fourth-order valence-corrected chi connectivity index (χ4v) is 2.89. The zero-order valence-electron chi connectivity index (χ0n) is 13.5. The first-order valence-corrected chi connectivity index (χ1v) is 7.43. The molecule has 0 saturated heterocycles. The van der Waals surface area contributed by atoms with Crippen molar-refractivity contribution >= 4 is 11.7 Å². The fraction of sp³-hybridized carbons (Fsp3) is 0.588.